The molecule has 4 aromatic carbocycles. The summed E-state index contributed by atoms with van der Waals surface area (Å²) >= 11 is 14.0. The Morgan fingerprint density at radius 2 is 1.04 bits per heavy atom. The maximum Gasteiger partial charge on any atom is 0.419 e. The molecule has 8 aromatic rings. The Hall–Kier alpha value is -6.71. The zero-order chi connectivity index (χ0) is 50.8. The summed E-state index contributed by atoms with van der Waals surface area (Å²) in [5.41, 5.74) is 22.0. The SMILES string of the molecule is CC(C)(C)OC(=O)n1c(-c2ccc(Cl)c3c2C(C(=O)C2NCc4c(Cl)ccc(-c5cc6cc(C(N)Cc7cccnc7)ccc6n5C(=O)OC(C)(C)C)c42)NC3)cc2cc(C(N)Cc3cccnc3)ccc21. The molecule has 0 radical (unpaired) electrons. The van der Waals surface area contributed by atoms with Gasteiger partial charge in [-0.3, -0.25) is 25.4 Å². The van der Waals surface area contributed by atoms with Gasteiger partial charge in [-0.2, -0.15) is 0 Å². The number of nitrogens with zero attached hydrogens (tertiary/aromatic N) is 4. The Labute approximate surface area is 427 Å². The van der Waals surface area contributed by atoms with Gasteiger partial charge in [0.2, 0.25) is 0 Å². The minimum absolute atomic E-state index is 0.202. The normalized spacial score (nSPS) is 16.4. The Morgan fingerprint density at radius 1 is 0.625 bits per heavy atom. The van der Waals surface area contributed by atoms with E-state index in [4.69, 9.17) is 44.1 Å². The van der Waals surface area contributed by atoms with Crippen LogP contribution >= 0.6 is 23.2 Å². The minimum Gasteiger partial charge on any atom is -0.443 e. The van der Waals surface area contributed by atoms with Gasteiger partial charge in [0.25, 0.3) is 0 Å². The topological polar surface area (TPSA) is 181 Å². The van der Waals surface area contributed by atoms with Crippen LogP contribution in [0.25, 0.3) is 44.3 Å². The first-order valence-electron chi connectivity index (χ1n) is 24.0. The zero-order valence-corrected chi connectivity index (χ0v) is 42.4. The summed E-state index contributed by atoms with van der Waals surface area (Å²) in [6.45, 7) is 11.5. The Morgan fingerprint density at radius 3 is 1.42 bits per heavy atom. The van der Waals surface area contributed by atoms with E-state index in [1.54, 1.807) is 46.1 Å². The van der Waals surface area contributed by atoms with Crippen LogP contribution in [0.3, 0.4) is 0 Å². The fraction of sp³-hybridized carbons (Fsp3) is 0.281. The molecule has 6 N–H and O–H groups in total. The predicted molar refractivity (Wildman–Crippen MR) is 282 cm³/mol. The second-order valence-electron chi connectivity index (χ2n) is 20.7. The molecule has 0 spiro atoms. The molecule has 6 heterocycles. The maximum atomic E-state index is 15.6. The Balaban J connectivity index is 1.07. The number of nitrogens with one attached hydrogen (secondary N) is 2. The Bertz CT molecular complexity index is 3210. The van der Waals surface area contributed by atoms with Gasteiger partial charge in [0.15, 0.2) is 5.78 Å². The number of ketones is 1. The van der Waals surface area contributed by atoms with Crippen molar-refractivity contribution in [2.75, 3.05) is 0 Å². The van der Waals surface area contributed by atoms with Crippen molar-refractivity contribution in [3.8, 4) is 22.5 Å². The number of fused-ring (bicyclic) bond motifs is 4. The quantitative estimate of drug-likeness (QED) is 0.102. The van der Waals surface area contributed by atoms with E-state index in [2.05, 4.69) is 20.6 Å². The molecule has 10 rings (SSSR count). The number of Topliss-reactive ketones (excluding diaryl/α,β-unsaturated/α-hetero) is 1. The smallest absolute Gasteiger partial charge is 0.419 e. The lowest BCUT2D eigenvalue weighted by molar-refractivity contribution is -0.123. The van der Waals surface area contributed by atoms with E-state index in [0.29, 0.717) is 80.7 Å². The number of rotatable bonds is 10. The average molecular weight is 1000 g/mol. The number of hydrogen-bond acceptors (Lipinski definition) is 11. The van der Waals surface area contributed by atoms with Crippen molar-refractivity contribution >= 4 is 63.0 Å². The van der Waals surface area contributed by atoms with Gasteiger partial charge in [0, 0.05) is 81.9 Å². The van der Waals surface area contributed by atoms with E-state index >= 15 is 4.79 Å². The predicted octanol–water partition coefficient (Wildman–Crippen LogP) is 11.6. The minimum atomic E-state index is -0.891. The van der Waals surface area contributed by atoms with Gasteiger partial charge in [-0.05, 0) is 160 Å². The number of carbonyl (C=O) groups excluding carboxylic acids is 3. The summed E-state index contributed by atoms with van der Waals surface area (Å²) in [5.74, 6) is -0.202. The van der Waals surface area contributed by atoms with Crippen LogP contribution in [0, 0.1) is 0 Å². The number of aromatic nitrogens is 4. The number of ether oxygens (including phenoxy) is 2. The van der Waals surface area contributed by atoms with Crippen molar-refractivity contribution in [1.29, 1.82) is 0 Å². The number of pyridine rings is 2. The summed E-state index contributed by atoms with van der Waals surface area (Å²) < 4.78 is 15.2. The monoisotopic (exact) mass is 1000 g/mol. The highest BCUT2D eigenvalue weighted by molar-refractivity contribution is 6.32. The molecule has 0 fully saturated rings. The molecule has 72 heavy (non-hydrogen) atoms. The number of hydrogen-bond donors (Lipinski definition) is 4. The molecule has 4 unspecified atom stereocenters. The maximum absolute atomic E-state index is 15.6. The van der Waals surface area contributed by atoms with E-state index in [-0.39, 0.29) is 17.9 Å². The van der Waals surface area contributed by atoms with Crippen LogP contribution in [0.2, 0.25) is 10.0 Å². The third kappa shape index (κ3) is 9.44. The summed E-state index contributed by atoms with van der Waals surface area (Å²) in [7, 11) is 0. The highest BCUT2D eigenvalue weighted by Gasteiger charge is 2.42. The molecule has 0 bridgehead atoms. The lowest BCUT2D eigenvalue weighted by Gasteiger charge is -2.24. The van der Waals surface area contributed by atoms with Crippen LogP contribution < -0.4 is 22.1 Å². The first-order chi connectivity index (χ1) is 34.3. The Kier molecular flexibility index (Phi) is 12.9. The number of benzene rings is 4. The first kappa shape index (κ1) is 48.9. The number of nitrogens with two attached hydrogens (primary N) is 2. The largest absolute Gasteiger partial charge is 0.443 e. The highest BCUT2D eigenvalue weighted by Crippen LogP contribution is 2.47. The molecule has 0 saturated carbocycles. The van der Waals surface area contributed by atoms with Crippen LogP contribution in [-0.2, 0) is 40.2 Å². The van der Waals surface area contributed by atoms with Gasteiger partial charge >= 0.3 is 12.2 Å². The van der Waals surface area contributed by atoms with Crippen LogP contribution in [0.4, 0.5) is 9.59 Å². The molecule has 0 amide bonds. The molecule has 368 valence electrons. The van der Waals surface area contributed by atoms with Gasteiger partial charge in [0.1, 0.15) is 11.2 Å². The third-order valence-electron chi connectivity index (χ3n) is 13.3. The number of halogens is 2. The van der Waals surface area contributed by atoms with Crippen molar-refractivity contribution in [2.45, 2.75) is 103 Å². The second-order valence-corrected chi connectivity index (χ2v) is 21.5. The van der Waals surface area contributed by atoms with Gasteiger partial charge in [-0.25, -0.2) is 18.7 Å². The van der Waals surface area contributed by atoms with Crippen LogP contribution in [-0.4, -0.2) is 48.3 Å². The van der Waals surface area contributed by atoms with Crippen LogP contribution in [0.5, 0.6) is 0 Å². The van der Waals surface area contributed by atoms with E-state index in [0.717, 1.165) is 44.2 Å². The average Bonchev–Trinajstić information content (AvgIpc) is 4.14. The molecule has 13 nitrogen and oxygen atoms in total. The molecular weight excluding hydrogens is 948 g/mol. The third-order valence-corrected chi connectivity index (χ3v) is 14.0. The lowest BCUT2D eigenvalue weighted by Crippen LogP contribution is -2.32. The van der Waals surface area contributed by atoms with Crippen molar-refractivity contribution in [3.05, 3.63) is 176 Å². The fourth-order valence-electron chi connectivity index (χ4n) is 10.1. The first-order valence-corrected chi connectivity index (χ1v) is 24.8. The van der Waals surface area contributed by atoms with Crippen LogP contribution in [0.15, 0.2) is 122 Å². The molecule has 0 aliphatic carbocycles. The molecule has 2 aliphatic rings. The molecule has 15 heteroatoms. The molecule has 0 saturated heterocycles. The zero-order valence-electron chi connectivity index (χ0n) is 40.9. The van der Waals surface area contributed by atoms with Gasteiger partial charge in [0.05, 0.1) is 34.5 Å². The van der Waals surface area contributed by atoms with Crippen LogP contribution in [0.1, 0.15) is 110 Å². The van der Waals surface area contributed by atoms with E-state index in [1.807, 2.05) is 126 Å². The molecule has 2 aliphatic heterocycles. The van der Waals surface area contributed by atoms with E-state index < -0.39 is 35.5 Å². The fourth-order valence-corrected chi connectivity index (χ4v) is 10.6. The van der Waals surface area contributed by atoms with Crippen molar-refractivity contribution in [3.63, 3.8) is 0 Å². The van der Waals surface area contributed by atoms with Gasteiger partial charge in [-0.15, -0.1) is 0 Å². The summed E-state index contributed by atoms with van der Waals surface area (Å²) in [4.78, 5) is 52.9. The van der Waals surface area contributed by atoms with E-state index in [1.165, 1.54) is 0 Å². The molecule has 4 aromatic heterocycles. The standard InChI is InChI=1S/C57H56Cl2N8O5/c1-56(2,3)71-54(69)66-45-17-11-33(43(60)21-31-9-7-19-62-27-31)23-35(45)25-47(66)37-13-15-41(58)39-29-64-51(49(37)39)53(68)52-50-38(14-16-42(59)40(50)30-65-52)48-26-36-24-34(44(61)22-32-10-8-20-63-28-32)12-18-46(36)67(48)55(70)72-57(4,5)6/h7-20,23-28,43-44,51-52,64-65H,21-22,29-30,60-61H2,1-6H3. The van der Waals surface area contributed by atoms with Gasteiger partial charge < -0.3 is 20.9 Å². The lowest BCUT2D eigenvalue weighted by atomic mass is 9.87. The van der Waals surface area contributed by atoms with Crippen molar-refractivity contribution < 1.29 is 23.9 Å². The van der Waals surface area contributed by atoms with Crippen molar-refractivity contribution in [2.24, 2.45) is 11.5 Å². The molecule has 4 atom stereocenters. The number of carbonyl (C=O) groups is 3. The van der Waals surface area contributed by atoms with Gasteiger partial charge in [-0.1, -0.05) is 59.6 Å². The van der Waals surface area contributed by atoms with E-state index in [9.17, 15) is 9.59 Å². The summed E-state index contributed by atoms with van der Waals surface area (Å²) in [6.07, 6.45) is 7.05. The molecular formula is C57H56Cl2N8O5. The van der Waals surface area contributed by atoms with Crippen molar-refractivity contribution in [1.82, 2.24) is 29.7 Å². The second kappa shape index (κ2) is 19.0. The highest BCUT2D eigenvalue weighted by atomic mass is 35.5. The summed E-state index contributed by atoms with van der Waals surface area (Å²) in [5, 5.41) is 9.45. The summed E-state index contributed by atoms with van der Waals surface area (Å²) in [6, 6.07) is 28.1.